The van der Waals surface area contributed by atoms with Crippen molar-refractivity contribution < 1.29 is 13.9 Å². The molecule has 0 bridgehead atoms. The second-order valence-electron chi connectivity index (χ2n) is 5.56. The van der Waals surface area contributed by atoms with E-state index in [1.54, 1.807) is 25.3 Å². The molecule has 0 aliphatic heterocycles. The highest BCUT2D eigenvalue weighted by atomic mass is 19.1. The standard InChI is InChI=1S/C18H19FN4O2/c1-22-10-3-4-16(22)15-12-17(18(24)20-9-11-25-2)23(21-15)14-7-5-13(19)6-8-14/h3-8,10,12H,9,11H2,1-2H3,(H,20,24). The van der Waals surface area contributed by atoms with Gasteiger partial charge in [0.05, 0.1) is 18.0 Å². The van der Waals surface area contributed by atoms with E-state index in [9.17, 15) is 9.18 Å². The zero-order chi connectivity index (χ0) is 17.8. The first-order valence-corrected chi connectivity index (χ1v) is 7.85. The number of halogens is 1. The molecule has 1 amide bonds. The molecular formula is C18H19FN4O2. The lowest BCUT2D eigenvalue weighted by atomic mass is 10.2. The third-order valence-electron chi connectivity index (χ3n) is 3.81. The number of carbonyl (C=O) groups is 1. The fraction of sp³-hybridized carbons (Fsp3) is 0.222. The van der Waals surface area contributed by atoms with E-state index in [0.29, 0.717) is 30.2 Å². The molecule has 2 heterocycles. The molecule has 0 atom stereocenters. The molecule has 0 aliphatic rings. The highest BCUT2D eigenvalue weighted by Gasteiger charge is 2.18. The summed E-state index contributed by atoms with van der Waals surface area (Å²) in [7, 11) is 3.48. The molecule has 130 valence electrons. The van der Waals surface area contributed by atoms with E-state index in [1.807, 2.05) is 29.9 Å². The molecule has 0 radical (unpaired) electrons. The molecule has 25 heavy (non-hydrogen) atoms. The van der Waals surface area contributed by atoms with Gasteiger partial charge < -0.3 is 14.6 Å². The van der Waals surface area contributed by atoms with E-state index in [4.69, 9.17) is 4.74 Å². The summed E-state index contributed by atoms with van der Waals surface area (Å²) in [5, 5.41) is 7.33. The molecular weight excluding hydrogens is 323 g/mol. The summed E-state index contributed by atoms with van der Waals surface area (Å²) in [6, 6.07) is 11.4. The number of carbonyl (C=O) groups excluding carboxylic acids is 1. The lowest BCUT2D eigenvalue weighted by molar-refractivity contribution is 0.0929. The Morgan fingerprint density at radius 2 is 2.04 bits per heavy atom. The van der Waals surface area contributed by atoms with Gasteiger partial charge in [-0.3, -0.25) is 4.79 Å². The maximum absolute atomic E-state index is 13.2. The molecule has 0 saturated heterocycles. The van der Waals surface area contributed by atoms with Crippen molar-refractivity contribution in [2.75, 3.05) is 20.3 Å². The maximum Gasteiger partial charge on any atom is 0.270 e. The van der Waals surface area contributed by atoms with Gasteiger partial charge in [0.25, 0.3) is 5.91 Å². The largest absolute Gasteiger partial charge is 0.383 e. The fourth-order valence-electron chi connectivity index (χ4n) is 2.53. The number of amides is 1. The number of hydrogen-bond donors (Lipinski definition) is 1. The summed E-state index contributed by atoms with van der Waals surface area (Å²) >= 11 is 0. The van der Waals surface area contributed by atoms with Crippen LogP contribution in [0, 0.1) is 5.82 Å². The highest BCUT2D eigenvalue weighted by molar-refractivity contribution is 5.94. The first-order chi connectivity index (χ1) is 12.1. The second-order valence-corrected chi connectivity index (χ2v) is 5.56. The summed E-state index contributed by atoms with van der Waals surface area (Å²) in [4.78, 5) is 12.5. The number of methoxy groups -OCH3 is 1. The SMILES string of the molecule is COCCNC(=O)c1cc(-c2cccn2C)nn1-c1ccc(F)cc1. The Balaban J connectivity index is 2.01. The molecule has 2 aromatic heterocycles. The molecule has 1 N–H and O–H groups in total. The summed E-state index contributed by atoms with van der Waals surface area (Å²) in [6.07, 6.45) is 1.91. The van der Waals surface area contributed by atoms with Gasteiger partial charge in [0.2, 0.25) is 0 Å². The molecule has 0 unspecified atom stereocenters. The molecule has 1 aromatic carbocycles. The number of ether oxygens (including phenoxy) is 1. The van der Waals surface area contributed by atoms with E-state index in [2.05, 4.69) is 10.4 Å². The van der Waals surface area contributed by atoms with Crippen LogP contribution in [0.4, 0.5) is 4.39 Å². The Labute approximate surface area is 144 Å². The maximum atomic E-state index is 13.2. The van der Waals surface area contributed by atoms with Gasteiger partial charge in [0.1, 0.15) is 17.2 Å². The number of nitrogens with zero attached hydrogens (tertiary/aromatic N) is 3. The number of aromatic nitrogens is 3. The van der Waals surface area contributed by atoms with Crippen LogP contribution in [0.2, 0.25) is 0 Å². The van der Waals surface area contributed by atoms with E-state index in [-0.39, 0.29) is 11.7 Å². The lowest BCUT2D eigenvalue weighted by Crippen LogP contribution is -2.28. The predicted octanol–water partition coefficient (Wildman–Crippen LogP) is 2.39. The minimum absolute atomic E-state index is 0.269. The zero-order valence-electron chi connectivity index (χ0n) is 14.1. The number of rotatable bonds is 6. The molecule has 3 rings (SSSR count). The Morgan fingerprint density at radius 1 is 1.28 bits per heavy atom. The summed E-state index contributed by atoms with van der Waals surface area (Å²) in [5.74, 6) is -0.612. The number of nitrogens with one attached hydrogen (secondary N) is 1. The third-order valence-corrected chi connectivity index (χ3v) is 3.81. The minimum Gasteiger partial charge on any atom is -0.383 e. The molecule has 0 spiro atoms. The summed E-state index contributed by atoms with van der Waals surface area (Å²) in [5.41, 5.74) is 2.53. The van der Waals surface area contributed by atoms with Crippen molar-refractivity contribution in [1.82, 2.24) is 19.7 Å². The highest BCUT2D eigenvalue weighted by Crippen LogP contribution is 2.22. The van der Waals surface area contributed by atoms with E-state index in [1.165, 1.54) is 16.8 Å². The van der Waals surface area contributed by atoms with Crippen molar-refractivity contribution in [1.29, 1.82) is 0 Å². The van der Waals surface area contributed by atoms with E-state index < -0.39 is 0 Å². The van der Waals surface area contributed by atoms with Crippen LogP contribution in [0.15, 0.2) is 48.7 Å². The number of aryl methyl sites for hydroxylation is 1. The van der Waals surface area contributed by atoms with Crippen LogP contribution in [0.1, 0.15) is 10.5 Å². The average molecular weight is 342 g/mol. The van der Waals surface area contributed by atoms with Crippen LogP contribution in [0.25, 0.3) is 17.1 Å². The van der Waals surface area contributed by atoms with Crippen molar-refractivity contribution in [3.05, 3.63) is 60.2 Å². The Hall–Kier alpha value is -2.93. The Bertz CT molecular complexity index is 868. The van der Waals surface area contributed by atoms with Crippen LogP contribution in [-0.4, -0.2) is 40.5 Å². The number of hydrogen-bond acceptors (Lipinski definition) is 3. The van der Waals surface area contributed by atoms with Crippen molar-refractivity contribution in [2.45, 2.75) is 0 Å². The van der Waals surface area contributed by atoms with Crippen molar-refractivity contribution in [2.24, 2.45) is 7.05 Å². The van der Waals surface area contributed by atoms with Crippen molar-refractivity contribution in [3.63, 3.8) is 0 Å². The summed E-state index contributed by atoms with van der Waals surface area (Å²) in [6.45, 7) is 0.810. The molecule has 3 aromatic rings. The van der Waals surface area contributed by atoms with Gasteiger partial charge in [0, 0.05) is 26.9 Å². The first kappa shape index (κ1) is 16.9. The Morgan fingerprint density at radius 3 is 2.68 bits per heavy atom. The molecule has 6 nitrogen and oxygen atoms in total. The normalized spacial score (nSPS) is 10.8. The molecule has 7 heteroatoms. The Kier molecular flexibility index (Phi) is 4.95. The van der Waals surface area contributed by atoms with E-state index in [0.717, 1.165) is 5.69 Å². The van der Waals surface area contributed by atoms with Gasteiger partial charge in [-0.05, 0) is 42.5 Å². The fourth-order valence-corrected chi connectivity index (χ4v) is 2.53. The predicted molar refractivity (Wildman–Crippen MR) is 92.1 cm³/mol. The van der Waals surface area contributed by atoms with Crippen LogP contribution >= 0.6 is 0 Å². The lowest BCUT2D eigenvalue weighted by Gasteiger charge is -2.08. The topological polar surface area (TPSA) is 61.1 Å². The van der Waals surface area contributed by atoms with Gasteiger partial charge in [-0.2, -0.15) is 5.10 Å². The van der Waals surface area contributed by atoms with E-state index >= 15 is 0 Å². The third kappa shape index (κ3) is 3.61. The van der Waals surface area contributed by atoms with Crippen molar-refractivity contribution >= 4 is 5.91 Å². The van der Waals surface area contributed by atoms with Crippen LogP contribution < -0.4 is 5.32 Å². The van der Waals surface area contributed by atoms with Gasteiger partial charge in [0.15, 0.2) is 0 Å². The first-order valence-electron chi connectivity index (χ1n) is 7.85. The van der Waals surface area contributed by atoms with Crippen LogP contribution in [0.5, 0.6) is 0 Å². The summed E-state index contributed by atoms with van der Waals surface area (Å²) < 4.78 is 21.6. The molecule has 0 aliphatic carbocycles. The van der Waals surface area contributed by atoms with Gasteiger partial charge in [-0.25, -0.2) is 9.07 Å². The monoisotopic (exact) mass is 342 g/mol. The minimum atomic E-state index is -0.343. The second kappa shape index (κ2) is 7.31. The molecule has 0 fully saturated rings. The zero-order valence-corrected chi connectivity index (χ0v) is 14.1. The van der Waals surface area contributed by atoms with Gasteiger partial charge in [-0.1, -0.05) is 0 Å². The van der Waals surface area contributed by atoms with Crippen molar-refractivity contribution in [3.8, 4) is 17.1 Å². The smallest absolute Gasteiger partial charge is 0.270 e. The van der Waals surface area contributed by atoms with Gasteiger partial charge >= 0.3 is 0 Å². The van der Waals surface area contributed by atoms with Gasteiger partial charge in [-0.15, -0.1) is 0 Å². The van der Waals surface area contributed by atoms with Crippen LogP contribution in [0.3, 0.4) is 0 Å². The molecule has 0 saturated carbocycles. The van der Waals surface area contributed by atoms with Crippen LogP contribution in [-0.2, 0) is 11.8 Å². The quantitative estimate of drug-likeness (QED) is 0.700. The number of benzene rings is 1. The average Bonchev–Trinajstić information content (AvgIpc) is 3.22.